The van der Waals surface area contributed by atoms with Gasteiger partial charge in [0.1, 0.15) is 0 Å². The maximum absolute atomic E-state index is 2.40. The molecule has 0 spiro atoms. The Labute approximate surface area is 74.6 Å². The highest BCUT2D eigenvalue weighted by molar-refractivity contribution is 5.37. The number of hydrogen-bond acceptors (Lipinski definition) is 0. The van der Waals surface area contributed by atoms with Crippen LogP contribution in [0, 0.1) is 0 Å². The normalized spacial score (nSPS) is 21.0. The summed E-state index contributed by atoms with van der Waals surface area (Å²) in [5, 5.41) is 0. The molecule has 0 fully saturated rings. The summed E-state index contributed by atoms with van der Waals surface area (Å²) in [6.45, 7) is 4.56. The summed E-state index contributed by atoms with van der Waals surface area (Å²) < 4.78 is 0. The largest absolute Gasteiger partial charge is 0.0613 e. The van der Waals surface area contributed by atoms with Crippen LogP contribution >= 0.6 is 0 Å². The minimum Gasteiger partial charge on any atom is -0.0613 e. The second kappa shape index (κ2) is 2.93. The first-order valence-electron chi connectivity index (χ1n) is 4.93. The van der Waals surface area contributed by atoms with Gasteiger partial charge in [-0.3, -0.25) is 0 Å². The van der Waals surface area contributed by atoms with Crippen molar-refractivity contribution in [3.8, 4) is 0 Å². The van der Waals surface area contributed by atoms with Gasteiger partial charge in [-0.25, -0.2) is 0 Å². The summed E-state index contributed by atoms with van der Waals surface area (Å²) in [4.78, 5) is 0. The van der Waals surface area contributed by atoms with Crippen molar-refractivity contribution in [2.75, 3.05) is 0 Å². The van der Waals surface area contributed by atoms with E-state index in [1.54, 1.807) is 11.1 Å². The van der Waals surface area contributed by atoms with Crippen molar-refractivity contribution < 1.29 is 0 Å². The molecular weight excluding hydrogens is 144 g/mol. The highest BCUT2D eigenvalue weighted by atomic mass is 14.2. The van der Waals surface area contributed by atoms with E-state index in [1.165, 1.54) is 24.8 Å². The van der Waals surface area contributed by atoms with Crippen LogP contribution in [0.4, 0.5) is 0 Å². The quantitative estimate of drug-likeness (QED) is 0.591. The number of hydrogen-bond donors (Lipinski definition) is 0. The second-order valence-corrected chi connectivity index (χ2v) is 3.83. The van der Waals surface area contributed by atoms with E-state index < -0.39 is 0 Å². The maximum Gasteiger partial charge on any atom is -0.0184 e. The van der Waals surface area contributed by atoms with Crippen LogP contribution in [-0.2, 0) is 12.8 Å². The average molecular weight is 160 g/mol. The highest BCUT2D eigenvalue weighted by Crippen LogP contribution is 2.32. The standard InChI is InChI=1S/C12H16/c1-3-10-5-7-11-6-4-9(2)12(11)8-10/h5,7-9H,3-4,6H2,1-2H3. The van der Waals surface area contributed by atoms with Crippen molar-refractivity contribution in [3.63, 3.8) is 0 Å². The molecule has 1 aliphatic rings. The predicted octanol–water partition coefficient (Wildman–Crippen LogP) is 3.30. The first-order chi connectivity index (χ1) is 5.81. The second-order valence-electron chi connectivity index (χ2n) is 3.83. The van der Waals surface area contributed by atoms with E-state index in [4.69, 9.17) is 0 Å². The van der Waals surface area contributed by atoms with E-state index in [2.05, 4.69) is 32.0 Å². The predicted molar refractivity (Wildman–Crippen MR) is 52.6 cm³/mol. The fraction of sp³-hybridized carbons (Fsp3) is 0.500. The van der Waals surface area contributed by atoms with Gasteiger partial charge in [0.05, 0.1) is 0 Å². The molecule has 0 radical (unpaired) electrons. The Hall–Kier alpha value is -0.780. The van der Waals surface area contributed by atoms with Gasteiger partial charge in [0, 0.05) is 0 Å². The van der Waals surface area contributed by atoms with Crippen molar-refractivity contribution in [3.05, 3.63) is 34.9 Å². The lowest BCUT2D eigenvalue weighted by molar-refractivity contribution is 0.746. The molecule has 0 heteroatoms. The third-order valence-corrected chi connectivity index (χ3v) is 3.00. The third-order valence-electron chi connectivity index (χ3n) is 3.00. The molecule has 0 aromatic heterocycles. The molecule has 1 aliphatic carbocycles. The monoisotopic (exact) mass is 160 g/mol. The lowest BCUT2D eigenvalue weighted by atomic mass is 10.00. The molecule has 1 unspecified atom stereocenters. The van der Waals surface area contributed by atoms with Gasteiger partial charge in [0.2, 0.25) is 0 Å². The fourth-order valence-corrected chi connectivity index (χ4v) is 2.08. The summed E-state index contributed by atoms with van der Waals surface area (Å²) in [7, 11) is 0. The Morgan fingerprint density at radius 1 is 1.42 bits per heavy atom. The summed E-state index contributed by atoms with van der Waals surface area (Å²) in [5.74, 6) is 0.798. The summed E-state index contributed by atoms with van der Waals surface area (Å²) >= 11 is 0. The zero-order chi connectivity index (χ0) is 8.55. The molecule has 0 saturated carbocycles. The molecule has 0 N–H and O–H groups in total. The van der Waals surface area contributed by atoms with E-state index in [9.17, 15) is 0 Å². The molecule has 64 valence electrons. The van der Waals surface area contributed by atoms with Gasteiger partial charge in [0.25, 0.3) is 0 Å². The molecule has 0 nitrogen and oxygen atoms in total. The average Bonchev–Trinajstić information content (AvgIpc) is 2.47. The molecule has 0 amide bonds. The lowest BCUT2D eigenvalue weighted by Gasteiger charge is -2.05. The van der Waals surface area contributed by atoms with E-state index in [0.717, 1.165) is 5.92 Å². The van der Waals surface area contributed by atoms with Crippen molar-refractivity contribution in [2.24, 2.45) is 0 Å². The number of aryl methyl sites for hydroxylation is 2. The zero-order valence-electron chi connectivity index (χ0n) is 7.93. The van der Waals surface area contributed by atoms with Gasteiger partial charge in [-0.2, -0.15) is 0 Å². The van der Waals surface area contributed by atoms with Crippen LogP contribution in [0.2, 0.25) is 0 Å². The molecule has 0 heterocycles. The molecule has 0 bridgehead atoms. The Kier molecular flexibility index (Phi) is 1.92. The Balaban J connectivity index is 2.43. The van der Waals surface area contributed by atoms with E-state index in [-0.39, 0.29) is 0 Å². The maximum atomic E-state index is 2.40. The van der Waals surface area contributed by atoms with Gasteiger partial charge < -0.3 is 0 Å². The van der Waals surface area contributed by atoms with Crippen molar-refractivity contribution in [1.29, 1.82) is 0 Å². The van der Waals surface area contributed by atoms with Gasteiger partial charge in [-0.15, -0.1) is 0 Å². The summed E-state index contributed by atoms with van der Waals surface area (Å²) in [6, 6.07) is 6.99. The van der Waals surface area contributed by atoms with E-state index in [1.807, 2.05) is 0 Å². The van der Waals surface area contributed by atoms with Crippen LogP contribution in [0.25, 0.3) is 0 Å². The smallest absolute Gasteiger partial charge is 0.0184 e. The Morgan fingerprint density at radius 3 is 3.00 bits per heavy atom. The van der Waals surface area contributed by atoms with E-state index in [0.29, 0.717) is 0 Å². The zero-order valence-corrected chi connectivity index (χ0v) is 7.93. The van der Waals surface area contributed by atoms with Crippen LogP contribution < -0.4 is 0 Å². The minimum absolute atomic E-state index is 0.798. The Bertz CT molecular complexity index is 286. The van der Waals surface area contributed by atoms with Crippen molar-refractivity contribution in [1.82, 2.24) is 0 Å². The topological polar surface area (TPSA) is 0 Å². The molecule has 1 aromatic rings. The number of fused-ring (bicyclic) bond motifs is 1. The van der Waals surface area contributed by atoms with E-state index >= 15 is 0 Å². The van der Waals surface area contributed by atoms with Crippen LogP contribution in [0.15, 0.2) is 18.2 Å². The van der Waals surface area contributed by atoms with Crippen LogP contribution in [0.1, 0.15) is 42.9 Å². The lowest BCUT2D eigenvalue weighted by Crippen LogP contribution is -1.89. The number of rotatable bonds is 1. The minimum atomic E-state index is 0.798. The molecule has 0 saturated heterocycles. The van der Waals surface area contributed by atoms with Gasteiger partial charge in [0.15, 0.2) is 0 Å². The van der Waals surface area contributed by atoms with Crippen molar-refractivity contribution >= 4 is 0 Å². The first kappa shape index (κ1) is 7.85. The molecule has 12 heavy (non-hydrogen) atoms. The van der Waals surface area contributed by atoms with Gasteiger partial charge >= 0.3 is 0 Å². The molecular formula is C12H16. The summed E-state index contributed by atoms with van der Waals surface area (Å²) in [5.41, 5.74) is 4.68. The fourth-order valence-electron chi connectivity index (χ4n) is 2.08. The summed E-state index contributed by atoms with van der Waals surface area (Å²) in [6.07, 6.45) is 3.81. The number of benzene rings is 1. The van der Waals surface area contributed by atoms with Crippen molar-refractivity contribution in [2.45, 2.75) is 39.0 Å². The van der Waals surface area contributed by atoms with Crippen LogP contribution in [-0.4, -0.2) is 0 Å². The Morgan fingerprint density at radius 2 is 2.25 bits per heavy atom. The third kappa shape index (κ3) is 1.16. The molecule has 0 aliphatic heterocycles. The molecule has 2 rings (SSSR count). The molecule has 1 atom stereocenters. The van der Waals surface area contributed by atoms with Crippen LogP contribution in [0.3, 0.4) is 0 Å². The first-order valence-corrected chi connectivity index (χ1v) is 4.93. The van der Waals surface area contributed by atoms with Crippen LogP contribution in [0.5, 0.6) is 0 Å². The highest BCUT2D eigenvalue weighted by Gasteiger charge is 2.17. The van der Waals surface area contributed by atoms with Gasteiger partial charge in [-0.1, -0.05) is 32.0 Å². The molecule has 1 aromatic carbocycles. The van der Waals surface area contributed by atoms with Gasteiger partial charge in [-0.05, 0) is 41.9 Å². The SMILES string of the molecule is CCc1ccc2c(c1)C(C)CC2.